The number of nitrogens with zero attached hydrogens (tertiary/aromatic N) is 2. The van der Waals surface area contributed by atoms with Crippen molar-refractivity contribution in [2.45, 2.75) is 19.6 Å². The second-order valence-electron chi connectivity index (χ2n) is 5.64. The lowest BCUT2D eigenvalue weighted by atomic mass is 9.99. The molecule has 0 saturated carbocycles. The van der Waals surface area contributed by atoms with Gasteiger partial charge in [0.05, 0.1) is 12.3 Å². The predicted molar refractivity (Wildman–Crippen MR) is 83.3 cm³/mol. The van der Waals surface area contributed by atoms with Gasteiger partial charge in [0.15, 0.2) is 6.23 Å². The van der Waals surface area contributed by atoms with Crippen LogP contribution in [-0.2, 0) is 4.74 Å². The van der Waals surface area contributed by atoms with Crippen LogP contribution in [0.1, 0.15) is 35.0 Å². The largest absolute Gasteiger partial charge is 0.354 e. The number of pyridine rings is 1. The zero-order valence-electron chi connectivity index (χ0n) is 12.1. The van der Waals surface area contributed by atoms with Crippen molar-refractivity contribution in [1.29, 1.82) is 0 Å². The highest BCUT2D eigenvalue weighted by Crippen LogP contribution is 2.40. The molecule has 1 aromatic heterocycles. The van der Waals surface area contributed by atoms with Gasteiger partial charge in [-0.1, -0.05) is 35.9 Å². The lowest BCUT2D eigenvalue weighted by Crippen LogP contribution is -2.37. The predicted octanol–water partition coefficient (Wildman–Crippen LogP) is 3.62. The number of hydrogen-bond acceptors (Lipinski definition) is 3. The summed E-state index contributed by atoms with van der Waals surface area (Å²) in [4.78, 5) is 6.88. The van der Waals surface area contributed by atoms with Crippen molar-refractivity contribution in [3.63, 3.8) is 0 Å². The van der Waals surface area contributed by atoms with Crippen LogP contribution >= 0.6 is 0 Å². The van der Waals surface area contributed by atoms with Gasteiger partial charge in [0, 0.05) is 24.0 Å². The Balaban J connectivity index is 1.85. The first kappa shape index (κ1) is 12.6. The highest BCUT2D eigenvalue weighted by atomic mass is 16.5. The molecule has 106 valence electrons. The molecule has 1 atom stereocenters. The van der Waals surface area contributed by atoms with Crippen LogP contribution in [0.25, 0.3) is 11.8 Å². The molecule has 1 fully saturated rings. The van der Waals surface area contributed by atoms with Crippen molar-refractivity contribution in [2.75, 3.05) is 13.2 Å². The molecule has 0 radical (unpaired) electrons. The number of ether oxygens (including phenoxy) is 1. The highest BCUT2D eigenvalue weighted by Gasteiger charge is 2.32. The zero-order valence-corrected chi connectivity index (χ0v) is 12.1. The van der Waals surface area contributed by atoms with E-state index in [4.69, 9.17) is 4.74 Å². The smallest absolute Gasteiger partial charge is 0.158 e. The van der Waals surface area contributed by atoms with E-state index < -0.39 is 0 Å². The van der Waals surface area contributed by atoms with Gasteiger partial charge < -0.3 is 9.64 Å². The maximum Gasteiger partial charge on any atom is 0.158 e. The minimum Gasteiger partial charge on any atom is -0.354 e. The number of aromatic nitrogens is 1. The molecular formula is C18H18N2O. The first-order chi connectivity index (χ1) is 10.3. The minimum absolute atomic E-state index is 0.00348. The molecule has 2 aliphatic heterocycles. The average Bonchev–Trinajstić information content (AvgIpc) is 2.55. The summed E-state index contributed by atoms with van der Waals surface area (Å²) in [5.41, 5.74) is 5.92. The number of benzene rings is 1. The summed E-state index contributed by atoms with van der Waals surface area (Å²) in [6, 6.07) is 12.8. The minimum atomic E-state index is 0.00348. The Bertz CT molecular complexity index is 691. The van der Waals surface area contributed by atoms with Crippen LogP contribution in [0.15, 0.2) is 42.6 Å². The van der Waals surface area contributed by atoms with Gasteiger partial charge in [-0.05, 0) is 31.1 Å². The highest BCUT2D eigenvalue weighted by molar-refractivity contribution is 5.82. The van der Waals surface area contributed by atoms with Crippen molar-refractivity contribution >= 4 is 11.8 Å². The lowest BCUT2D eigenvalue weighted by molar-refractivity contribution is -0.0703. The average molecular weight is 278 g/mol. The van der Waals surface area contributed by atoms with Gasteiger partial charge in [0.1, 0.15) is 0 Å². The topological polar surface area (TPSA) is 25.4 Å². The Morgan fingerprint density at radius 1 is 1.19 bits per heavy atom. The molecule has 2 aromatic rings. The van der Waals surface area contributed by atoms with Crippen LogP contribution < -0.4 is 0 Å². The van der Waals surface area contributed by atoms with Crippen LogP contribution in [0.3, 0.4) is 0 Å². The van der Waals surface area contributed by atoms with Gasteiger partial charge >= 0.3 is 0 Å². The molecule has 0 N–H and O–H groups in total. The van der Waals surface area contributed by atoms with E-state index in [2.05, 4.69) is 53.2 Å². The summed E-state index contributed by atoms with van der Waals surface area (Å²) >= 11 is 0. The molecule has 0 aliphatic carbocycles. The summed E-state index contributed by atoms with van der Waals surface area (Å²) < 4.78 is 6.03. The van der Waals surface area contributed by atoms with E-state index in [-0.39, 0.29) is 6.23 Å². The van der Waals surface area contributed by atoms with Crippen LogP contribution in [0.5, 0.6) is 0 Å². The third-order valence-electron chi connectivity index (χ3n) is 4.17. The van der Waals surface area contributed by atoms with Gasteiger partial charge in [-0.15, -0.1) is 0 Å². The summed E-state index contributed by atoms with van der Waals surface area (Å²) in [6.45, 7) is 3.96. The van der Waals surface area contributed by atoms with E-state index in [0.29, 0.717) is 0 Å². The molecular weight excluding hydrogens is 260 g/mol. The normalized spacial score (nSPS) is 20.5. The van der Waals surface area contributed by atoms with E-state index in [1.54, 1.807) is 0 Å². The van der Waals surface area contributed by atoms with Crippen molar-refractivity contribution in [3.05, 3.63) is 65.0 Å². The molecule has 1 unspecified atom stereocenters. The zero-order chi connectivity index (χ0) is 14.2. The quantitative estimate of drug-likeness (QED) is 0.796. The summed E-state index contributed by atoms with van der Waals surface area (Å²) in [7, 11) is 0. The number of fused-ring (bicyclic) bond motifs is 3. The van der Waals surface area contributed by atoms with Gasteiger partial charge in [-0.3, -0.25) is 4.98 Å². The molecule has 3 heterocycles. The second-order valence-corrected chi connectivity index (χ2v) is 5.64. The third-order valence-corrected chi connectivity index (χ3v) is 4.17. The van der Waals surface area contributed by atoms with Crippen LogP contribution in [0.2, 0.25) is 0 Å². The maximum atomic E-state index is 6.03. The first-order valence-corrected chi connectivity index (χ1v) is 7.45. The monoisotopic (exact) mass is 278 g/mol. The summed E-state index contributed by atoms with van der Waals surface area (Å²) in [5, 5.41) is 0. The van der Waals surface area contributed by atoms with Crippen LogP contribution in [-0.4, -0.2) is 23.0 Å². The Morgan fingerprint density at radius 3 is 2.90 bits per heavy atom. The first-order valence-electron chi connectivity index (χ1n) is 7.45. The Hall–Kier alpha value is -2.13. The van der Waals surface area contributed by atoms with Gasteiger partial charge in [-0.25, -0.2) is 0 Å². The standard InChI is InChI=1S/C18H18N2O/c1-13-5-7-14(8-6-13)17-12-16-15(4-2-9-19-16)18-20(17)10-3-11-21-18/h2,4-9,12,18H,3,10-11H2,1H3. The van der Waals surface area contributed by atoms with Gasteiger partial charge in [0.25, 0.3) is 0 Å². The Kier molecular flexibility index (Phi) is 3.00. The van der Waals surface area contributed by atoms with Crippen molar-refractivity contribution in [2.24, 2.45) is 0 Å². The van der Waals surface area contributed by atoms with Gasteiger partial charge in [0.2, 0.25) is 0 Å². The Labute approximate surface area is 124 Å². The molecule has 0 bridgehead atoms. The maximum absolute atomic E-state index is 6.03. The molecule has 2 aliphatic rings. The number of hydrogen-bond donors (Lipinski definition) is 0. The molecule has 21 heavy (non-hydrogen) atoms. The second kappa shape index (κ2) is 5.01. The number of rotatable bonds is 1. The third kappa shape index (κ3) is 2.14. The molecule has 0 spiro atoms. The fourth-order valence-electron chi connectivity index (χ4n) is 3.09. The van der Waals surface area contributed by atoms with E-state index >= 15 is 0 Å². The molecule has 1 saturated heterocycles. The van der Waals surface area contributed by atoms with E-state index in [1.165, 1.54) is 22.4 Å². The van der Waals surface area contributed by atoms with Crippen molar-refractivity contribution in [1.82, 2.24) is 9.88 Å². The lowest BCUT2D eigenvalue weighted by Gasteiger charge is -2.41. The van der Waals surface area contributed by atoms with Crippen molar-refractivity contribution < 1.29 is 4.74 Å². The van der Waals surface area contributed by atoms with E-state index in [0.717, 1.165) is 25.3 Å². The fraction of sp³-hybridized carbons (Fsp3) is 0.278. The van der Waals surface area contributed by atoms with E-state index in [1.807, 2.05) is 12.3 Å². The fourth-order valence-corrected chi connectivity index (χ4v) is 3.09. The summed E-state index contributed by atoms with van der Waals surface area (Å²) in [6.07, 6.45) is 5.10. The van der Waals surface area contributed by atoms with E-state index in [9.17, 15) is 0 Å². The summed E-state index contributed by atoms with van der Waals surface area (Å²) in [5.74, 6) is 0. The van der Waals surface area contributed by atoms with Crippen LogP contribution in [0, 0.1) is 6.92 Å². The molecule has 4 rings (SSSR count). The van der Waals surface area contributed by atoms with Crippen molar-refractivity contribution in [3.8, 4) is 0 Å². The molecule has 3 heteroatoms. The van der Waals surface area contributed by atoms with Gasteiger partial charge in [-0.2, -0.15) is 0 Å². The SMILES string of the molecule is Cc1ccc(C2=Cc3ncccc3C3OCCCN23)cc1. The number of aryl methyl sites for hydroxylation is 1. The Morgan fingerprint density at radius 2 is 2.05 bits per heavy atom. The molecule has 3 nitrogen and oxygen atoms in total. The van der Waals surface area contributed by atoms with Crippen LogP contribution in [0.4, 0.5) is 0 Å². The molecule has 0 amide bonds. The molecule has 1 aromatic carbocycles.